The molecule has 4 nitrogen and oxygen atoms in total. The van der Waals surface area contributed by atoms with Crippen LogP contribution in [0.25, 0.3) is 0 Å². The molecule has 1 heterocycles. The lowest BCUT2D eigenvalue weighted by molar-refractivity contribution is -0.141. The number of halogens is 3. The zero-order valence-electron chi connectivity index (χ0n) is 11.7. The summed E-state index contributed by atoms with van der Waals surface area (Å²) in [4.78, 5) is 0. The number of methoxy groups -OCH3 is 1. The van der Waals surface area contributed by atoms with Crippen molar-refractivity contribution in [3.8, 4) is 5.75 Å². The number of rotatable bonds is 4. The highest BCUT2D eigenvalue weighted by atomic mass is 19.4. The molecule has 0 aliphatic rings. The van der Waals surface area contributed by atoms with E-state index in [1.54, 1.807) is 6.07 Å². The Balaban J connectivity index is 2.20. The lowest BCUT2D eigenvalue weighted by atomic mass is 10.0. The number of hydrogen-bond acceptors (Lipinski definition) is 3. The molecule has 0 fully saturated rings. The van der Waals surface area contributed by atoms with Crippen LogP contribution >= 0.6 is 0 Å². The first-order valence-corrected chi connectivity index (χ1v) is 6.32. The summed E-state index contributed by atoms with van der Waals surface area (Å²) in [6.45, 7) is 2.04. The van der Waals surface area contributed by atoms with Crippen LogP contribution in [0.15, 0.2) is 30.5 Å². The Hall–Kier alpha value is -2.02. The Bertz CT molecular complexity index is 622. The molecule has 1 aromatic carbocycles. The van der Waals surface area contributed by atoms with Gasteiger partial charge in [-0.1, -0.05) is 17.7 Å². The van der Waals surface area contributed by atoms with Crippen molar-refractivity contribution < 1.29 is 17.9 Å². The number of nitrogens with two attached hydrogens (primary N) is 1. The van der Waals surface area contributed by atoms with Gasteiger partial charge in [0.1, 0.15) is 5.75 Å². The van der Waals surface area contributed by atoms with Crippen LogP contribution in [-0.4, -0.2) is 16.9 Å². The van der Waals surface area contributed by atoms with Crippen LogP contribution in [0.3, 0.4) is 0 Å². The van der Waals surface area contributed by atoms with E-state index in [2.05, 4.69) is 5.10 Å². The Kier molecular flexibility index (Phi) is 4.22. The fraction of sp³-hybridized carbons (Fsp3) is 0.357. The molecular formula is C14H16F3N3O. The maximum Gasteiger partial charge on any atom is 0.435 e. The Morgan fingerprint density at radius 1 is 1.33 bits per heavy atom. The minimum absolute atomic E-state index is 0.135. The van der Waals surface area contributed by atoms with Gasteiger partial charge in [-0.05, 0) is 19.1 Å². The van der Waals surface area contributed by atoms with Gasteiger partial charge in [0, 0.05) is 11.8 Å². The zero-order chi connectivity index (χ0) is 15.6. The number of ether oxygens (including phenoxy) is 1. The van der Waals surface area contributed by atoms with Gasteiger partial charge in [-0.3, -0.25) is 4.68 Å². The third-order valence-corrected chi connectivity index (χ3v) is 3.10. The summed E-state index contributed by atoms with van der Waals surface area (Å²) in [5, 5.41) is 3.50. The SMILES string of the molecule is COc1ccc(C)cc1C(N)Cn1ccc(C(F)(F)F)n1. The van der Waals surface area contributed by atoms with Gasteiger partial charge < -0.3 is 10.5 Å². The molecule has 21 heavy (non-hydrogen) atoms. The van der Waals surface area contributed by atoms with Crippen LogP contribution in [0.4, 0.5) is 13.2 Å². The number of hydrogen-bond donors (Lipinski definition) is 1. The van der Waals surface area contributed by atoms with E-state index in [0.29, 0.717) is 5.75 Å². The average Bonchev–Trinajstić information content (AvgIpc) is 2.87. The molecular weight excluding hydrogens is 283 g/mol. The molecule has 0 spiro atoms. The summed E-state index contributed by atoms with van der Waals surface area (Å²) < 4.78 is 43.9. The monoisotopic (exact) mass is 299 g/mol. The summed E-state index contributed by atoms with van der Waals surface area (Å²) in [6, 6.07) is 5.94. The van der Waals surface area contributed by atoms with Gasteiger partial charge in [0.05, 0.1) is 19.7 Å². The van der Waals surface area contributed by atoms with Gasteiger partial charge in [-0.15, -0.1) is 0 Å². The Morgan fingerprint density at radius 3 is 2.62 bits per heavy atom. The van der Waals surface area contributed by atoms with Crippen LogP contribution in [0.1, 0.15) is 22.9 Å². The highest BCUT2D eigenvalue weighted by molar-refractivity contribution is 5.38. The molecule has 7 heteroatoms. The Labute approximate surface area is 120 Å². The van der Waals surface area contributed by atoms with E-state index >= 15 is 0 Å². The van der Waals surface area contributed by atoms with Crippen molar-refractivity contribution in [2.45, 2.75) is 25.7 Å². The third kappa shape index (κ3) is 3.55. The standard InChI is InChI=1S/C14H16F3N3O/c1-9-3-4-12(21-2)10(7-9)11(18)8-20-6-5-13(19-20)14(15,16)17/h3-7,11H,8,18H2,1-2H3. The number of benzene rings is 1. The van der Waals surface area contributed by atoms with Crippen LogP contribution in [0.2, 0.25) is 0 Å². The highest BCUT2D eigenvalue weighted by Gasteiger charge is 2.33. The molecule has 0 bridgehead atoms. The predicted octanol–water partition coefficient (Wildman–Crippen LogP) is 2.92. The van der Waals surface area contributed by atoms with Crippen LogP contribution < -0.4 is 10.5 Å². The van der Waals surface area contributed by atoms with Crippen molar-refractivity contribution >= 4 is 0 Å². The maximum absolute atomic E-state index is 12.5. The third-order valence-electron chi connectivity index (χ3n) is 3.10. The number of aromatic nitrogens is 2. The minimum atomic E-state index is -4.45. The van der Waals surface area contributed by atoms with Gasteiger partial charge in [-0.2, -0.15) is 18.3 Å². The average molecular weight is 299 g/mol. The number of aryl methyl sites for hydroxylation is 1. The van der Waals surface area contributed by atoms with Gasteiger partial charge in [-0.25, -0.2) is 0 Å². The fourth-order valence-corrected chi connectivity index (χ4v) is 2.06. The molecule has 114 valence electrons. The first-order chi connectivity index (χ1) is 9.81. The van der Waals surface area contributed by atoms with E-state index in [9.17, 15) is 13.2 Å². The summed E-state index contributed by atoms with van der Waals surface area (Å²) in [7, 11) is 1.52. The minimum Gasteiger partial charge on any atom is -0.496 e. The summed E-state index contributed by atoms with van der Waals surface area (Å²) >= 11 is 0. The van der Waals surface area contributed by atoms with Gasteiger partial charge in [0.15, 0.2) is 5.69 Å². The normalized spacial score (nSPS) is 13.2. The lowest BCUT2D eigenvalue weighted by Crippen LogP contribution is -2.19. The molecule has 0 saturated carbocycles. The first-order valence-electron chi connectivity index (χ1n) is 6.32. The fourth-order valence-electron chi connectivity index (χ4n) is 2.06. The van der Waals surface area contributed by atoms with Crippen molar-refractivity contribution in [2.75, 3.05) is 7.11 Å². The van der Waals surface area contributed by atoms with Crippen LogP contribution in [0, 0.1) is 6.92 Å². The van der Waals surface area contributed by atoms with Crippen LogP contribution in [-0.2, 0) is 12.7 Å². The first kappa shape index (κ1) is 15.4. The molecule has 1 unspecified atom stereocenters. The van der Waals surface area contributed by atoms with Crippen molar-refractivity contribution in [1.82, 2.24) is 9.78 Å². The summed E-state index contributed by atoms with van der Waals surface area (Å²) in [5.74, 6) is 0.608. The summed E-state index contributed by atoms with van der Waals surface area (Å²) in [6.07, 6.45) is -3.18. The lowest BCUT2D eigenvalue weighted by Gasteiger charge is -2.16. The van der Waals surface area contributed by atoms with E-state index in [1.807, 2.05) is 19.1 Å². The van der Waals surface area contributed by atoms with E-state index in [0.717, 1.165) is 17.2 Å². The van der Waals surface area contributed by atoms with E-state index < -0.39 is 17.9 Å². The van der Waals surface area contributed by atoms with Crippen molar-refractivity contribution in [2.24, 2.45) is 5.73 Å². The second kappa shape index (κ2) is 5.77. The number of alkyl halides is 3. The quantitative estimate of drug-likeness (QED) is 0.944. The van der Waals surface area contributed by atoms with Crippen molar-refractivity contribution in [3.05, 3.63) is 47.3 Å². The molecule has 0 amide bonds. The molecule has 0 aliphatic heterocycles. The second-order valence-corrected chi connectivity index (χ2v) is 4.77. The topological polar surface area (TPSA) is 53.1 Å². The molecule has 0 saturated heterocycles. The second-order valence-electron chi connectivity index (χ2n) is 4.77. The zero-order valence-corrected chi connectivity index (χ0v) is 11.7. The highest BCUT2D eigenvalue weighted by Crippen LogP contribution is 2.29. The summed E-state index contributed by atoms with van der Waals surface area (Å²) in [5.41, 5.74) is 6.88. The van der Waals surface area contributed by atoms with Gasteiger partial charge >= 0.3 is 6.18 Å². The van der Waals surface area contributed by atoms with E-state index in [1.165, 1.54) is 18.0 Å². The van der Waals surface area contributed by atoms with E-state index in [4.69, 9.17) is 10.5 Å². The van der Waals surface area contributed by atoms with Crippen molar-refractivity contribution in [3.63, 3.8) is 0 Å². The molecule has 0 aliphatic carbocycles. The molecule has 2 N–H and O–H groups in total. The molecule has 1 atom stereocenters. The van der Waals surface area contributed by atoms with Gasteiger partial charge in [0.2, 0.25) is 0 Å². The Morgan fingerprint density at radius 2 is 2.05 bits per heavy atom. The molecule has 2 rings (SSSR count). The maximum atomic E-state index is 12.5. The number of nitrogens with zero attached hydrogens (tertiary/aromatic N) is 2. The van der Waals surface area contributed by atoms with Crippen LogP contribution in [0.5, 0.6) is 5.75 Å². The van der Waals surface area contributed by atoms with E-state index in [-0.39, 0.29) is 6.54 Å². The predicted molar refractivity (Wildman–Crippen MR) is 71.9 cm³/mol. The molecule has 1 aromatic heterocycles. The smallest absolute Gasteiger partial charge is 0.435 e. The largest absolute Gasteiger partial charge is 0.496 e. The molecule has 0 radical (unpaired) electrons. The van der Waals surface area contributed by atoms with Gasteiger partial charge in [0.25, 0.3) is 0 Å². The molecule has 2 aromatic rings. The van der Waals surface area contributed by atoms with Crippen molar-refractivity contribution in [1.29, 1.82) is 0 Å².